The molecular weight excluding hydrogens is 252 g/mol. The van der Waals surface area contributed by atoms with E-state index in [1.807, 2.05) is 23.1 Å². The molecule has 0 radical (unpaired) electrons. The second-order valence-corrected chi connectivity index (χ2v) is 5.45. The fraction of sp³-hybridized carbons (Fsp3) is 0.562. The van der Waals surface area contributed by atoms with Crippen LogP contribution in [0.4, 0.5) is 5.69 Å². The van der Waals surface area contributed by atoms with Gasteiger partial charge in [-0.1, -0.05) is 25.1 Å². The third-order valence-electron chi connectivity index (χ3n) is 4.17. The van der Waals surface area contributed by atoms with Crippen LogP contribution in [-0.4, -0.2) is 31.7 Å². The van der Waals surface area contributed by atoms with Crippen LogP contribution >= 0.6 is 0 Å². The zero-order chi connectivity index (χ0) is 13.9. The number of fused-ring (bicyclic) bond motifs is 1. The lowest BCUT2D eigenvalue weighted by atomic mass is 9.95. The summed E-state index contributed by atoms with van der Waals surface area (Å²) in [6.07, 6.45) is 2.57. The van der Waals surface area contributed by atoms with Crippen molar-refractivity contribution in [2.75, 3.05) is 24.6 Å². The number of carbonyl (C=O) groups excluding carboxylic acids is 1. The normalized spacial score (nSPS) is 25.6. The molecule has 4 nitrogen and oxygen atoms in total. The first kappa shape index (κ1) is 13.6. The van der Waals surface area contributed by atoms with E-state index in [0.717, 1.165) is 38.0 Å². The Hall–Kier alpha value is -1.39. The maximum atomic E-state index is 12.6. The first-order valence-corrected chi connectivity index (χ1v) is 7.56. The molecule has 1 saturated heterocycles. The van der Waals surface area contributed by atoms with Gasteiger partial charge in [-0.25, -0.2) is 0 Å². The molecule has 1 aromatic rings. The molecule has 4 heteroatoms. The van der Waals surface area contributed by atoms with E-state index in [0.29, 0.717) is 12.6 Å². The molecular formula is C16H22N2O2. The van der Waals surface area contributed by atoms with Crippen molar-refractivity contribution >= 4 is 11.6 Å². The first-order valence-electron chi connectivity index (χ1n) is 7.56. The number of anilines is 1. The van der Waals surface area contributed by atoms with Crippen molar-refractivity contribution in [1.82, 2.24) is 5.32 Å². The topological polar surface area (TPSA) is 41.6 Å². The molecule has 108 valence electrons. The van der Waals surface area contributed by atoms with Crippen LogP contribution in [0.15, 0.2) is 24.3 Å². The van der Waals surface area contributed by atoms with Gasteiger partial charge in [-0.15, -0.1) is 0 Å². The molecule has 2 heterocycles. The zero-order valence-electron chi connectivity index (χ0n) is 12.0. The van der Waals surface area contributed by atoms with Gasteiger partial charge in [-0.05, 0) is 37.4 Å². The number of rotatable bonds is 3. The van der Waals surface area contributed by atoms with Gasteiger partial charge in [-0.3, -0.25) is 4.79 Å². The molecule has 0 aromatic heterocycles. The quantitative estimate of drug-likeness (QED) is 0.919. The van der Waals surface area contributed by atoms with Crippen LogP contribution in [-0.2, 0) is 9.53 Å². The summed E-state index contributed by atoms with van der Waals surface area (Å²) in [6.45, 7) is 4.55. The summed E-state index contributed by atoms with van der Waals surface area (Å²) >= 11 is 0. The Morgan fingerprint density at radius 3 is 3.00 bits per heavy atom. The van der Waals surface area contributed by atoms with Crippen LogP contribution in [0.1, 0.15) is 37.8 Å². The van der Waals surface area contributed by atoms with Gasteiger partial charge in [0, 0.05) is 24.9 Å². The SMILES string of the molecule is CCNC1CCN(C(=O)C2CCCO2)c2ccccc21. The van der Waals surface area contributed by atoms with Gasteiger partial charge < -0.3 is 15.0 Å². The fourth-order valence-electron chi connectivity index (χ4n) is 3.20. The van der Waals surface area contributed by atoms with E-state index in [9.17, 15) is 4.79 Å². The summed E-state index contributed by atoms with van der Waals surface area (Å²) in [5, 5.41) is 3.50. The Labute approximate surface area is 120 Å². The standard InChI is InChI=1S/C16H22N2O2/c1-2-17-13-9-10-18(14-7-4-3-6-12(13)14)16(19)15-8-5-11-20-15/h3-4,6-7,13,15,17H,2,5,8-11H2,1H3. The Morgan fingerprint density at radius 2 is 2.25 bits per heavy atom. The van der Waals surface area contributed by atoms with Gasteiger partial charge >= 0.3 is 0 Å². The Balaban J connectivity index is 1.86. The minimum atomic E-state index is -0.237. The number of nitrogens with one attached hydrogen (secondary N) is 1. The first-order chi connectivity index (χ1) is 9.81. The fourth-order valence-corrected chi connectivity index (χ4v) is 3.20. The Kier molecular flexibility index (Phi) is 4.03. The largest absolute Gasteiger partial charge is 0.368 e. The molecule has 2 aliphatic heterocycles. The minimum Gasteiger partial charge on any atom is -0.368 e. The lowest BCUT2D eigenvalue weighted by Crippen LogP contribution is -2.44. The van der Waals surface area contributed by atoms with Gasteiger partial charge in [0.25, 0.3) is 5.91 Å². The van der Waals surface area contributed by atoms with Crippen LogP contribution in [0, 0.1) is 0 Å². The van der Waals surface area contributed by atoms with E-state index in [-0.39, 0.29) is 12.0 Å². The second-order valence-electron chi connectivity index (χ2n) is 5.45. The van der Waals surface area contributed by atoms with Crippen molar-refractivity contribution in [2.24, 2.45) is 0 Å². The molecule has 1 amide bonds. The highest BCUT2D eigenvalue weighted by Crippen LogP contribution is 2.34. The maximum absolute atomic E-state index is 12.6. The summed E-state index contributed by atoms with van der Waals surface area (Å²) < 4.78 is 5.55. The average Bonchev–Trinajstić information content (AvgIpc) is 3.01. The number of para-hydroxylation sites is 1. The van der Waals surface area contributed by atoms with Gasteiger partial charge in [-0.2, -0.15) is 0 Å². The van der Waals surface area contributed by atoms with Crippen molar-refractivity contribution in [3.8, 4) is 0 Å². The van der Waals surface area contributed by atoms with Crippen LogP contribution in [0.3, 0.4) is 0 Å². The lowest BCUT2D eigenvalue weighted by molar-refractivity contribution is -0.127. The van der Waals surface area contributed by atoms with Gasteiger partial charge in [0.2, 0.25) is 0 Å². The van der Waals surface area contributed by atoms with E-state index < -0.39 is 0 Å². The minimum absolute atomic E-state index is 0.130. The summed E-state index contributed by atoms with van der Waals surface area (Å²) in [5.74, 6) is 0.130. The Bertz CT molecular complexity index is 483. The van der Waals surface area contributed by atoms with Gasteiger partial charge in [0.1, 0.15) is 6.10 Å². The highest BCUT2D eigenvalue weighted by Gasteiger charge is 2.33. The summed E-state index contributed by atoms with van der Waals surface area (Å²) in [4.78, 5) is 14.5. The summed E-state index contributed by atoms with van der Waals surface area (Å²) in [7, 11) is 0. The molecule has 1 aromatic carbocycles. The third kappa shape index (κ3) is 2.45. The molecule has 1 N–H and O–H groups in total. The highest BCUT2D eigenvalue weighted by molar-refractivity contribution is 5.97. The number of nitrogens with zero attached hydrogens (tertiary/aromatic N) is 1. The number of hydrogen-bond acceptors (Lipinski definition) is 3. The number of benzene rings is 1. The van der Waals surface area contributed by atoms with E-state index >= 15 is 0 Å². The molecule has 0 bridgehead atoms. The zero-order valence-corrected chi connectivity index (χ0v) is 12.0. The maximum Gasteiger partial charge on any atom is 0.256 e. The summed E-state index contributed by atoms with van der Waals surface area (Å²) in [6, 6.07) is 8.57. The van der Waals surface area contributed by atoms with E-state index in [1.165, 1.54) is 5.56 Å². The van der Waals surface area contributed by atoms with E-state index in [2.05, 4.69) is 18.3 Å². The van der Waals surface area contributed by atoms with Crippen LogP contribution in [0.2, 0.25) is 0 Å². The lowest BCUT2D eigenvalue weighted by Gasteiger charge is -2.35. The smallest absolute Gasteiger partial charge is 0.256 e. The predicted molar refractivity (Wildman–Crippen MR) is 78.8 cm³/mol. The Morgan fingerprint density at radius 1 is 1.40 bits per heavy atom. The number of carbonyl (C=O) groups is 1. The van der Waals surface area contributed by atoms with E-state index in [4.69, 9.17) is 4.74 Å². The van der Waals surface area contributed by atoms with Crippen molar-refractivity contribution in [3.63, 3.8) is 0 Å². The van der Waals surface area contributed by atoms with Crippen LogP contribution in [0.25, 0.3) is 0 Å². The molecule has 3 rings (SSSR count). The molecule has 2 atom stereocenters. The number of amides is 1. The highest BCUT2D eigenvalue weighted by atomic mass is 16.5. The monoisotopic (exact) mass is 274 g/mol. The third-order valence-corrected chi connectivity index (χ3v) is 4.17. The van der Waals surface area contributed by atoms with Crippen molar-refractivity contribution < 1.29 is 9.53 Å². The molecule has 0 aliphatic carbocycles. The van der Waals surface area contributed by atoms with Crippen molar-refractivity contribution in [2.45, 2.75) is 38.3 Å². The number of hydrogen-bond donors (Lipinski definition) is 1. The van der Waals surface area contributed by atoms with Crippen molar-refractivity contribution in [1.29, 1.82) is 0 Å². The molecule has 0 saturated carbocycles. The second kappa shape index (κ2) is 5.94. The predicted octanol–water partition coefficient (Wildman–Crippen LogP) is 2.25. The van der Waals surface area contributed by atoms with E-state index in [1.54, 1.807) is 0 Å². The van der Waals surface area contributed by atoms with Crippen molar-refractivity contribution in [3.05, 3.63) is 29.8 Å². The summed E-state index contributed by atoms with van der Waals surface area (Å²) in [5.41, 5.74) is 2.28. The molecule has 0 spiro atoms. The molecule has 2 unspecified atom stereocenters. The average molecular weight is 274 g/mol. The number of ether oxygens (including phenoxy) is 1. The molecule has 2 aliphatic rings. The van der Waals surface area contributed by atoms with Crippen LogP contribution < -0.4 is 10.2 Å². The molecule has 20 heavy (non-hydrogen) atoms. The van der Waals surface area contributed by atoms with Crippen LogP contribution in [0.5, 0.6) is 0 Å². The van der Waals surface area contributed by atoms with Gasteiger partial charge in [0.15, 0.2) is 0 Å². The van der Waals surface area contributed by atoms with Gasteiger partial charge in [0.05, 0.1) is 0 Å². The molecule has 1 fully saturated rings.